The number of nitrogens with one attached hydrogen (secondary N) is 7. The normalized spacial score (nSPS) is 21.2. The second-order valence-corrected chi connectivity index (χ2v) is 21.6. The lowest BCUT2D eigenvalue weighted by Crippen LogP contribution is -2.62. The van der Waals surface area contributed by atoms with E-state index in [-0.39, 0.29) is 61.5 Å². The molecular formula is C53H66ClN11O11S2. The molecule has 1 aliphatic heterocycles. The number of carbonyl (C=O) groups is 9. The molecule has 78 heavy (non-hydrogen) atoms. The summed E-state index contributed by atoms with van der Waals surface area (Å²) in [7, 11) is 1.95. The number of halogens is 1. The van der Waals surface area contributed by atoms with Gasteiger partial charge in [-0.2, -0.15) is 0 Å². The summed E-state index contributed by atoms with van der Waals surface area (Å²) in [6.07, 6.45) is -1.33. The van der Waals surface area contributed by atoms with Crippen molar-refractivity contribution >= 4 is 86.4 Å². The molecule has 4 aromatic rings. The van der Waals surface area contributed by atoms with E-state index in [1.165, 1.54) is 55.5 Å². The van der Waals surface area contributed by atoms with Crippen LogP contribution in [-0.2, 0) is 64.0 Å². The average molecular weight is 1130 g/mol. The SMILES string of the molecule is CC(O)C1NC(=O)[C@H](CCCCN)NC(=O)[C@@H](Cc2ccc(C(N)=O)cc2)NC(=O)[C@H](Cc2ccccc2)NC(=O)[C@H](NC(=O)[C@@H](N)Cc2ccc(Cl)cc2)CSSC[C@@H](C(=O)NC(Cc2ccc(O)cc2)C(N)=O)NC1=O. The largest absolute Gasteiger partial charge is 0.508 e. The minimum absolute atomic E-state index is 0.0333. The molecule has 9 atom stereocenters. The van der Waals surface area contributed by atoms with Crippen LogP contribution in [0.2, 0.25) is 5.02 Å². The van der Waals surface area contributed by atoms with Gasteiger partial charge in [-0.05, 0) is 97.8 Å². The van der Waals surface area contributed by atoms with Crippen molar-refractivity contribution in [2.45, 2.75) is 106 Å². The van der Waals surface area contributed by atoms with Gasteiger partial charge in [0, 0.05) is 41.4 Å². The van der Waals surface area contributed by atoms with Gasteiger partial charge >= 0.3 is 0 Å². The number of carbonyl (C=O) groups excluding carboxylic acids is 9. The van der Waals surface area contributed by atoms with Crippen molar-refractivity contribution in [2.75, 3.05) is 18.1 Å². The van der Waals surface area contributed by atoms with Gasteiger partial charge in [0.05, 0.1) is 12.1 Å². The average Bonchev–Trinajstić information content (AvgIpc) is 3.41. The first-order valence-corrected chi connectivity index (χ1v) is 27.8. The number of phenolic OH excluding ortho intramolecular Hbond substituents is 1. The molecule has 0 radical (unpaired) electrons. The molecule has 4 aromatic carbocycles. The van der Waals surface area contributed by atoms with Crippen LogP contribution in [0.15, 0.2) is 103 Å². The summed E-state index contributed by atoms with van der Waals surface area (Å²) in [5, 5.41) is 39.8. The maximum atomic E-state index is 14.7. The van der Waals surface area contributed by atoms with Gasteiger partial charge < -0.3 is 70.4 Å². The quantitative estimate of drug-likeness (QED) is 0.0417. The Balaban J connectivity index is 1.56. The molecule has 1 saturated heterocycles. The number of aliphatic hydroxyl groups excluding tert-OH is 1. The molecule has 0 spiro atoms. The maximum absolute atomic E-state index is 14.7. The maximum Gasteiger partial charge on any atom is 0.248 e. The monoisotopic (exact) mass is 1130 g/mol. The van der Waals surface area contributed by atoms with E-state index >= 15 is 0 Å². The van der Waals surface area contributed by atoms with Crippen molar-refractivity contribution in [3.8, 4) is 5.75 Å². The molecule has 22 nitrogen and oxygen atoms in total. The molecular weight excluding hydrogens is 1070 g/mol. The number of rotatable bonds is 19. The smallest absolute Gasteiger partial charge is 0.248 e. The van der Waals surface area contributed by atoms with Crippen LogP contribution in [0.5, 0.6) is 5.75 Å². The highest BCUT2D eigenvalue weighted by atomic mass is 35.5. The van der Waals surface area contributed by atoms with Crippen LogP contribution in [0.3, 0.4) is 0 Å². The topological polar surface area (TPSA) is 382 Å². The van der Waals surface area contributed by atoms with E-state index in [2.05, 4.69) is 37.2 Å². The molecule has 25 heteroatoms. The number of hydrogen-bond acceptors (Lipinski definition) is 15. The van der Waals surface area contributed by atoms with Gasteiger partial charge in [-0.25, -0.2) is 0 Å². The highest BCUT2D eigenvalue weighted by molar-refractivity contribution is 8.76. The number of hydrogen-bond donors (Lipinski definition) is 13. The number of phenols is 1. The van der Waals surface area contributed by atoms with Gasteiger partial charge in [0.15, 0.2) is 0 Å². The fourth-order valence-corrected chi connectivity index (χ4v) is 10.5. The lowest BCUT2D eigenvalue weighted by Gasteiger charge is -2.29. The van der Waals surface area contributed by atoms with Crippen LogP contribution in [0.4, 0.5) is 0 Å². The molecule has 418 valence electrons. The summed E-state index contributed by atoms with van der Waals surface area (Å²) in [4.78, 5) is 125. The molecule has 1 aliphatic rings. The molecule has 3 unspecified atom stereocenters. The van der Waals surface area contributed by atoms with Crippen molar-refractivity contribution in [3.05, 3.63) is 136 Å². The van der Waals surface area contributed by atoms with Gasteiger partial charge in [-0.3, -0.25) is 43.2 Å². The standard InChI is InChI=1S/C53H66ClN11O11S2/c1-29(66)44-53(76)64-43(51(74)60-39(46(58)69)24-33-14-20-36(67)21-15-33)28-78-77-27-42(63-47(70)37(56)23-31-12-18-35(54)19-13-31)52(75)62-40(25-30-7-3-2-4-8-30)50(73)61-41(26-32-10-16-34(17-11-32)45(57)68)49(72)59-38(48(71)65-44)9-5-6-22-55/h2-4,7-8,10-21,29,37-44,66-67H,5-6,9,22-28,55-56H2,1H3,(H2,57,68)(H2,58,69)(H,59,72)(H,60,74)(H,61,73)(H,62,75)(H,63,70)(H,64,76)(H,65,71)/t29?,37-,38-,39?,40-,41+,42+,43-,44?/m0/s1. The Bertz CT molecular complexity index is 2710. The molecule has 0 aromatic heterocycles. The number of aliphatic hydroxyl groups is 1. The minimum Gasteiger partial charge on any atom is -0.508 e. The number of nitrogens with two attached hydrogens (primary N) is 4. The first-order valence-electron chi connectivity index (χ1n) is 25.0. The van der Waals surface area contributed by atoms with E-state index in [1.807, 2.05) is 0 Å². The summed E-state index contributed by atoms with van der Waals surface area (Å²) in [6.45, 7) is 1.44. The van der Waals surface area contributed by atoms with E-state index in [0.717, 1.165) is 21.6 Å². The number of amides is 9. The van der Waals surface area contributed by atoms with Gasteiger partial charge in [-0.15, -0.1) is 0 Å². The van der Waals surface area contributed by atoms with Gasteiger partial charge in [0.2, 0.25) is 53.2 Å². The first-order chi connectivity index (χ1) is 37.2. The van der Waals surface area contributed by atoms with E-state index in [9.17, 15) is 53.4 Å². The Morgan fingerprint density at radius 3 is 1.79 bits per heavy atom. The van der Waals surface area contributed by atoms with Crippen LogP contribution in [0, 0.1) is 0 Å². The zero-order chi connectivity index (χ0) is 56.9. The molecule has 0 bridgehead atoms. The zero-order valence-electron chi connectivity index (χ0n) is 42.7. The molecule has 17 N–H and O–H groups in total. The van der Waals surface area contributed by atoms with Crippen molar-refractivity contribution < 1.29 is 53.4 Å². The molecule has 1 heterocycles. The Morgan fingerprint density at radius 2 is 1.21 bits per heavy atom. The lowest BCUT2D eigenvalue weighted by molar-refractivity contribution is -0.136. The highest BCUT2D eigenvalue weighted by Gasteiger charge is 2.36. The summed E-state index contributed by atoms with van der Waals surface area (Å²) in [5.41, 5.74) is 25.8. The first kappa shape index (κ1) is 61.6. The molecule has 5 rings (SSSR count). The molecule has 9 amide bonds. The van der Waals surface area contributed by atoms with Gasteiger partial charge in [-0.1, -0.05) is 99.9 Å². The van der Waals surface area contributed by atoms with E-state index in [1.54, 1.807) is 54.6 Å². The van der Waals surface area contributed by atoms with Crippen LogP contribution in [0.1, 0.15) is 58.8 Å². The lowest BCUT2D eigenvalue weighted by atomic mass is 10.00. The van der Waals surface area contributed by atoms with Crippen molar-refractivity contribution in [1.82, 2.24) is 37.2 Å². The van der Waals surface area contributed by atoms with Crippen LogP contribution in [-0.4, -0.2) is 136 Å². The third-order valence-corrected chi connectivity index (χ3v) is 15.1. The van der Waals surface area contributed by atoms with Crippen LogP contribution >= 0.6 is 33.2 Å². The third kappa shape index (κ3) is 19.7. The summed E-state index contributed by atoms with van der Waals surface area (Å²) in [6, 6.07) is 15.5. The fourth-order valence-electron chi connectivity index (χ4n) is 8.02. The predicted molar refractivity (Wildman–Crippen MR) is 296 cm³/mol. The Morgan fingerprint density at radius 1 is 0.667 bits per heavy atom. The van der Waals surface area contributed by atoms with E-state index in [0.29, 0.717) is 40.1 Å². The van der Waals surface area contributed by atoms with Crippen molar-refractivity contribution in [2.24, 2.45) is 22.9 Å². The predicted octanol–water partition coefficient (Wildman–Crippen LogP) is -0.474. The zero-order valence-corrected chi connectivity index (χ0v) is 45.0. The van der Waals surface area contributed by atoms with Gasteiger partial charge in [0.25, 0.3) is 0 Å². The number of aromatic hydroxyl groups is 1. The summed E-state index contributed by atoms with van der Waals surface area (Å²) < 4.78 is 0. The third-order valence-electron chi connectivity index (χ3n) is 12.4. The van der Waals surface area contributed by atoms with Gasteiger partial charge in [0.1, 0.15) is 48.0 Å². The second-order valence-electron chi connectivity index (χ2n) is 18.6. The summed E-state index contributed by atoms with van der Waals surface area (Å²) in [5.74, 6) is -8.39. The van der Waals surface area contributed by atoms with Crippen LogP contribution in [0.25, 0.3) is 0 Å². The van der Waals surface area contributed by atoms with Crippen molar-refractivity contribution in [3.63, 3.8) is 0 Å². The number of benzene rings is 4. The Hall–Kier alpha value is -7.22. The van der Waals surface area contributed by atoms with E-state index < -0.39 is 108 Å². The summed E-state index contributed by atoms with van der Waals surface area (Å²) >= 11 is 6.07. The highest BCUT2D eigenvalue weighted by Crippen LogP contribution is 2.24. The number of unbranched alkanes of at least 4 members (excludes halogenated alkanes) is 1. The second kappa shape index (κ2) is 30.6. The van der Waals surface area contributed by atoms with E-state index in [4.69, 9.17) is 34.5 Å². The minimum atomic E-state index is -1.74. The molecule has 0 saturated carbocycles. The Kier molecular flexibility index (Phi) is 24.2. The number of primary amides is 2. The van der Waals surface area contributed by atoms with Crippen LogP contribution < -0.4 is 60.2 Å². The van der Waals surface area contributed by atoms with Crippen molar-refractivity contribution in [1.29, 1.82) is 0 Å². The fraction of sp³-hybridized carbons (Fsp3) is 0.377. The Labute approximate surface area is 463 Å². The molecule has 1 fully saturated rings. The molecule has 0 aliphatic carbocycles.